The molecular weight excluding hydrogens is 448 g/mol. The number of imidazole rings is 1. The molecule has 0 saturated carbocycles. The molecule has 6 heteroatoms. The Hall–Kier alpha value is -1.27. The summed E-state index contributed by atoms with van der Waals surface area (Å²) >= 11 is 8.69. The highest BCUT2D eigenvalue weighted by Gasteiger charge is 2.50. The average molecular weight is 491 g/mol. The Labute approximate surface area is 210 Å². The lowest BCUT2D eigenvalue weighted by Gasteiger charge is -2.35. The second-order valence-corrected chi connectivity index (χ2v) is 10.5. The minimum atomic E-state index is -1.10. The molecule has 2 atom stereocenters. The van der Waals surface area contributed by atoms with Gasteiger partial charge in [0.1, 0.15) is 11.2 Å². The van der Waals surface area contributed by atoms with Crippen molar-refractivity contribution in [3.63, 3.8) is 0 Å². The van der Waals surface area contributed by atoms with E-state index in [2.05, 4.69) is 71.8 Å². The highest BCUT2D eigenvalue weighted by atomic mass is 32.1. The molecule has 1 heterocycles. The molecular formula is C27H42N2O2S2. The Balaban J connectivity index is 2.68. The number of benzene rings is 1. The molecule has 0 amide bonds. The van der Waals surface area contributed by atoms with E-state index in [9.17, 15) is 9.59 Å². The Morgan fingerprint density at radius 1 is 0.848 bits per heavy atom. The zero-order valence-corrected chi connectivity index (χ0v) is 23.1. The quantitative estimate of drug-likeness (QED) is 0.190. The van der Waals surface area contributed by atoms with Crippen molar-refractivity contribution in [3.05, 3.63) is 28.1 Å². The van der Waals surface area contributed by atoms with Crippen molar-refractivity contribution < 1.29 is 9.59 Å². The Bertz CT molecular complexity index is 937. The van der Waals surface area contributed by atoms with Gasteiger partial charge in [0.05, 0.1) is 11.0 Å². The van der Waals surface area contributed by atoms with Crippen LogP contribution in [0, 0.1) is 33.6 Å². The number of hydrogen-bond donors (Lipinski definition) is 3. The third kappa shape index (κ3) is 5.87. The monoisotopic (exact) mass is 490 g/mol. The largest absolute Gasteiger partial charge is 0.341 e. The summed E-state index contributed by atoms with van der Waals surface area (Å²) in [6, 6.07) is 0. The fourth-order valence-electron chi connectivity index (χ4n) is 5.06. The molecule has 33 heavy (non-hydrogen) atoms. The number of nitrogens with one attached hydrogen (secondary N) is 1. The minimum absolute atomic E-state index is 0.245. The van der Waals surface area contributed by atoms with Crippen molar-refractivity contribution in [3.8, 4) is 0 Å². The Kier molecular flexibility index (Phi) is 10.5. The first kappa shape index (κ1) is 28.0. The molecule has 1 aromatic heterocycles. The molecule has 0 aliphatic carbocycles. The predicted octanol–water partition coefficient (Wildman–Crippen LogP) is 7.50. The highest BCUT2D eigenvalue weighted by molar-refractivity contribution is 7.97. The SMILES string of the molecule is CCCCCCC(C(=O)S)C(CCCCCC)(C(=O)S)c1nc2c(C)c(C)c(C)c(C)c2[nH]1. The topological polar surface area (TPSA) is 62.8 Å². The lowest BCUT2D eigenvalue weighted by molar-refractivity contribution is -0.126. The smallest absolute Gasteiger partial charge is 0.200 e. The number of carbonyl (C=O) groups excluding carboxylic acids is 2. The number of aromatic amines is 1. The average Bonchev–Trinajstić information content (AvgIpc) is 3.22. The number of fused-ring (bicyclic) bond motifs is 1. The second kappa shape index (κ2) is 12.4. The van der Waals surface area contributed by atoms with Crippen LogP contribution in [0.5, 0.6) is 0 Å². The summed E-state index contributed by atoms with van der Waals surface area (Å²) < 4.78 is 0. The Morgan fingerprint density at radius 2 is 1.42 bits per heavy atom. The number of carbonyl (C=O) groups is 2. The second-order valence-electron chi connectivity index (χ2n) is 9.64. The van der Waals surface area contributed by atoms with E-state index in [0.717, 1.165) is 73.5 Å². The van der Waals surface area contributed by atoms with E-state index in [-0.39, 0.29) is 10.2 Å². The third-order valence-electron chi connectivity index (χ3n) is 7.59. The molecule has 2 rings (SSSR count). The van der Waals surface area contributed by atoms with Gasteiger partial charge in [0, 0.05) is 5.92 Å². The molecule has 4 nitrogen and oxygen atoms in total. The molecule has 0 radical (unpaired) electrons. The molecule has 0 saturated heterocycles. The van der Waals surface area contributed by atoms with Crippen LogP contribution < -0.4 is 0 Å². The van der Waals surface area contributed by atoms with Crippen LogP contribution in [0.3, 0.4) is 0 Å². The van der Waals surface area contributed by atoms with Crippen LogP contribution in [0.1, 0.15) is 106 Å². The van der Waals surface area contributed by atoms with E-state index < -0.39 is 11.3 Å². The van der Waals surface area contributed by atoms with Crippen LogP contribution in [0.25, 0.3) is 11.0 Å². The van der Waals surface area contributed by atoms with E-state index in [4.69, 9.17) is 4.98 Å². The third-order valence-corrected chi connectivity index (χ3v) is 8.30. The number of aryl methyl sites for hydroxylation is 2. The number of thiol groups is 2. The van der Waals surface area contributed by atoms with E-state index >= 15 is 0 Å². The summed E-state index contributed by atoms with van der Waals surface area (Å²) in [4.78, 5) is 34.8. The van der Waals surface area contributed by atoms with Gasteiger partial charge in [0.25, 0.3) is 0 Å². The number of hydrogen-bond acceptors (Lipinski definition) is 3. The number of unbranched alkanes of at least 4 members (excludes halogenated alkanes) is 6. The van der Waals surface area contributed by atoms with Crippen LogP contribution in [0.2, 0.25) is 0 Å². The van der Waals surface area contributed by atoms with Crippen molar-refractivity contribution in [1.29, 1.82) is 0 Å². The summed E-state index contributed by atoms with van der Waals surface area (Å²) in [6.07, 6.45) is 9.40. The van der Waals surface area contributed by atoms with Crippen molar-refractivity contribution >= 4 is 46.5 Å². The molecule has 0 aliphatic heterocycles. The lowest BCUT2D eigenvalue weighted by Crippen LogP contribution is -2.45. The number of H-pyrrole nitrogens is 1. The van der Waals surface area contributed by atoms with E-state index in [1.54, 1.807) is 0 Å². The van der Waals surface area contributed by atoms with Gasteiger partial charge < -0.3 is 4.98 Å². The fraction of sp³-hybridized carbons (Fsp3) is 0.667. The van der Waals surface area contributed by atoms with Gasteiger partial charge in [-0.05, 0) is 62.8 Å². The van der Waals surface area contributed by atoms with Gasteiger partial charge in [-0.2, -0.15) is 0 Å². The first-order valence-corrected chi connectivity index (χ1v) is 13.5. The molecule has 1 aromatic carbocycles. The van der Waals surface area contributed by atoms with Gasteiger partial charge in [-0.25, -0.2) is 4.98 Å². The van der Waals surface area contributed by atoms with Gasteiger partial charge in [-0.3, -0.25) is 9.59 Å². The number of aromatic nitrogens is 2. The van der Waals surface area contributed by atoms with Gasteiger partial charge in [0.15, 0.2) is 10.2 Å². The first-order chi connectivity index (χ1) is 15.6. The summed E-state index contributed by atoms with van der Waals surface area (Å²) in [6.45, 7) is 12.7. The van der Waals surface area contributed by atoms with Crippen molar-refractivity contribution in [2.75, 3.05) is 0 Å². The van der Waals surface area contributed by atoms with Gasteiger partial charge in [-0.15, -0.1) is 25.3 Å². The van der Waals surface area contributed by atoms with Crippen LogP contribution in [-0.4, -0.2) is 20.2 Å². The maximum atomic E-state index is 13.4. The number of nitrogens with zero attached hydrogens (tertiary/aromatic N) is 1. The molecule has 0 bridgehead atoms. The van der Waals surface area contributed by atoms with Crippen molar-refractivity contribution in [2.45, 2.75) is 111 Å². The van der Waals surface area contributed by atoms with Gasteiger partial charge >= 0.3 is 0 Å². The summed E-state index contributed by atoms with van der Waals surface area (Å²) in [5, 5.41) is -0.532. The lowest BCUT2D eigenvalue weighted by atomic mass is 9.70. The summed E-state index contributed by atoms with van der Waals surface area (Å²) in [7, 11) is 0. The van der Waals surface area contributed by atoms with Crippen LogP contribution >= 0.6 is 25.3 Å². The van der Waals surface area contributed by atoms with Gasteiger partial charge in [0.2, 0.25) is 0 Å². The standard InChI is InChI=1S/C27H42N2O2S2/c1-7-9-11-13-15-21(24(30)32)27(26(31)33,16-14-12-10-8-2)25-28-22-19(5)17(3)18(4)20(6)23(22)29-25/h21H,7-16H2,1-6H3,(H,28,29)(H,30,32)(H,31,33). The van der Waals surface area contributed by atoms with E-state index in [1.807, 2.05) is 0 Å². The van der Waals surface area contributed by atoms with Crippen LogP contribution in [0.15, 0.2) is 0 Å². The maximum absolute atomic E-state index is 13.4. The van der Waals surface area contributed by atoms with E-state index in [0.29, 0.717) is 18.7 Å². The molecule has 2 aromatic rings. The summed E-state index contributed by atoms with van der Waals surface area (Å²) in [5.74, 6) is 0.0285. The normalized spacial score (nSPS) is 14.4. The molecule has 0 spiro atoms. The maximum Gasteiger partial charge on any atom is 0.200 e. The molecule has 0 fully saturated rings. The predicted molar refractivity (Wildman–Crippen MR) is 146 cm³/mol. The van der Waals surface area contributed by atoms with Crippen LogP contribution in [0.4, 0.5) is 0 Å². The Morgan fingerprint density at radius 3 is 1.97 bits per heavy atom. The molecule has 1 N–H and O–H groups in total. The first-order valence-electron chi connectivity index (χ1n) is 12.6. The van der Waals surface area contributed by atoms with Crippen molar-refractivity contribution in [1.82, 2.24) is 9.97 Å². The molecule has 0 aliphatic rings. The van der Waals surface area contributed by atoms with E-state index in [1.165, 1.54) is 11.1 Å². The van der Waals surface area contributed by atoms with Gasteiger partial charge in [-0.1, -0.05) is 65.2 Å². The zero-order chi connectivity index (χ0) is 24.8. The molecule has 2 unspecified atom stereocenters. The summed E-state index contributed by atoms with van der Waals surface area (Å²) in [5.41, 5.74) is 5.42. The highest BCUT2D eigenvalue weighted by Crippen LogP contribution is 2.43. The van der Waals surface area contributed by atoms with Crippen LogP contribution in [-0.2, 0) is 15.0 Å². The fourth-order valence-corrected chi connectivity index (χ4v) is 5.78. The number of rotatable bonds is 14. The molecule has 184 valence electrons. The van der Waals surface area contributed by atoms with Crippen molar-refractivity contribution in [2.24, 2.45) is 5.92 Å². The minimum Gasteiger partial charge on any atom is -0.341 e. The zero-order valence-electron chi connectivity index (χ0n) is 21.3.